The molecule has 2 N–H and O–H groups in total. The van der Waals surface area contributed by atoms with E-state index in [0.717, 1.165) is 0 Å². The lowest BCUT2D eigenvalue weighted by Gasteiger charge is -2.21. The number of nitrogens with zero attached hydrogens (tertiary/aromatic N) is 2. The number of nitrogens with two attached hydrogens (primary N) is 1. The van der Waals surface area contributed by atoms with Crippen LogP contribution in [0.3, 0.4) is 0 Å². The van der Waals surface area contributed by atoms with Crippen LogP contribution in [0.25, 0.3) is 0 Å². The van der Waals surface area contributed by atoms with E-state index in [1.807, 2.05) is 0 Å². The molecule has 3 nitrogen and oxygen atoms in total. The third-order valence-electron chi connectivity index (χ3n) is 2.58. The van der Waals surface area contributed by atoms with Crippen LogP contribution in [-0.4, -0.2) is 24.5 Å². The first-order chi connectivity index (χ1) is 7.09. The first-order valence-electron chi connectivity index (χ1n) is 4.57. The van der Waals surface area contributed by atoms with E-state index < -0.39 is 0 Å². The molecule has 1 atom stereocenters. The molecule has 0 saturated carbocycles. The first kappa shape index (κ1) is 10.2. The lowest BCUT2D eigenvalue weighted by atomic mass is 10.1. The minimum atomic E-state index is -0.316. The largest absolute Gasteiger partial charge is 0.370 e. The van der Waals surface area contributed by atoms with Gasteiger partial charge in [0.1, 0.15) is 5.82 Å². The summed E-state index contributed by atoms with van der Waals surface area (Å²) in [5.74, 6) is 0.124. The Labute approximate surface area is 92.3 Å². The van der Waals surface area contributed by atoms with Crippen molar-refractivity contribution in [2.24, 2.45) is 10.7 Å². The average Bonchev–Trinajstić information content (AvgIpc) is 2.49. The zero-order chi connectivity index (χ0) is 11.0. The number of aliphatic imine (C=N–C) groups is 1. The van der Waals surface area contributed by atoms with Crippen molar-refractivity contribution in [3.05, 3.63) is 34.6 Å². The molecule has 1 aliphatic heterocycles. The summed E-state index contributed by atoms with van der Waals surface area (Å²) in [6.45, 7) is 0.487. The van der Waals surface area contributed by atoms with Gasteiger partial charge in [-0.1, -0.05) is 17.7 Å². The number of rotatable bonds is 1. The molecule has 1 heterocycles. The van der Waals surface area contributed by atoms with Crippen molar-refractivity contribution in [1.82, 2.24) is 4.90 Å². The second kappa shape index (κ2) is 3.70. The molecule has 0 fully saturated rings. The van der Waals surface area contributed by atoms with E-state index in [1.165, 1.54) is 6.07 Å². The number of hydrogen-bond acceptors (Lipinski definition) is 3. The normalized spacial score (nSPS) is 20.6. The van der Waals surface area contributed by atoms with Crippen LogP contribution >= 0.6 is 11.6 Å². The molecule has 0 aromatic heterocycles. The lowest BCUT2D eigenvalue weighted by molar-refractivity contribution is 0.399. The Hall–Kier alpha value is -1.29. The van der Waals surface area contributed by atoms with Crippen molar-refractivity contribution in [1.29, 1.82) is 0 Å². The summed E-state index contributed by atoms with van der Waals surface area (Å²) in [4.78, 5) is 5.82. The Morgan fingerprint density at radius 1 is 1.60 bits per heavy atom. The highest BCUT2D eigenvalue weighted by Crippen LogP contribution is 2.27. The molecule has 1 unspecified atom stereocenters. The number of hydrogen-bond donors (Lipinski definition) is 1. The van der Waals surface area contributed by atoms with Crippen LogP contribution in [0.4, 0.5) is 4.39 Å². The van der Waals surface area contributed by atoms with Crippen LogP contribution in [0.2, 0.25) is 5.02 Å². The predicted molar refractivity (Wildman–Crippen MR) is 58.4 cm³/mol. The number of guanidine groups is 1. The minimum absolute atomic E-state index is 0.123. The Balaban J connectivity index is 2.32. The zero-order valence-corrected chi connectivity index (χ0v) is 9.00. The van der Waals surface area contributed by atoms with Crippen LogP contribution in [-0.2, 0) is 0 Å². The van der Waals surface area contributed by atoms with Gasteiger partial charge in [0, 0.05) is 17.6 Å². The topological polar surface area (TPSA) is 41.6 Å². The summed E-state index contributed by atoms with van der Waals surface area (Å²) < 4.78 is 13.6. The quantitative estimate of drug-likeness (QED) is 0.795. The fourth-order valence-corrected chi connectivity index (χ4v) is 1.81. The Bertz CT molecular complexity index is 419. The third-order valence-corrected chi connectivity index (χ3v) is 2.81. The molecular formula is C10H11ClFN3. The molecule has 0 radical (unpaired) electrons. The van der Waals surface area contributed by atoms with Crippen molar-refractivity contribution in [2.45, 2.75) is 6.04 Å². The third kappa shape index (κ3) is 1.77. The number of benzene rings is 1. The molecule has 80 valence electrons. The maximum atomic E-state index is 13.6. The van der Waals surface area contributed by atoms with E-state index >= 15 is 0 Å². The fourth-order valence-electron chi connectivity index (χ4n) is 1.65. The van der Waals surface area contributed by atoms with Crippen molar-refractivity contribution < 1.29 is 4.39 Å². The summed E-state index contributed by atoms with van der Waals surface area (Å²) in [6, 6.07) is 4.52. The van der Waals surface area contributed by atoms with E-state index in [4.69, 9.17) is 17.3 Å². The number of halogens is 2. The lowest BCUT2D eigenvalue weighted by Crippen LogP contribution is -2.32. The minimum Gasteiger partial charge on any atom is -0.370 e. The average molecular weight is 228 g/mol. The highest BCUT2D eigenvalue weighted by atomic mass is 35.5. The van der Waals surface area contributed by atoms with Gasteiger partial charge in [-0.15, -0.1) is 0 Å². The maximum absolute atomic E-state index is 13.6. The molecule has 1 aromatic rings. The van der Waals surface area contributed by atoms with Gasteiger partial charge >= 0.3 is 0 Å². The monoisotopic (exact) mass is 227 g/mol. The van der Waals surface area contributed by atoms with Gasteiger partial charge in [-0.2, -0.15) is 0 Å². The van der Waals surface area contributed by atoms with Gasteiger partial charge in [-0.25, -0.2) is 4.39 Å². The standard InChI is InChI=1S/C10H11ClFN3/c1-15-9(5-14-10(15)13)7-3-2-6(11)4-8(7)12/h2-4,9H,5H2,1H3,(H2,13,14). The van der Waals surface area contributed by atoms with Gasteiger partial charge in [0.25, 0.3) is 0 Å². The molecule has 5 heteroatoms. The Kier molecular flexibility index (Phi) is 2.52. The van der Waals surface area contributed by atoms with E-state index in [2.05, 4.69) is 4.99 Å². The van der Waals surface area contributed by atoms with E-state index in [1.54, 1.807) is 24.1 Å². The Morgan fingerprint density at radius 2 is 2.33 bits per heavy atom. The summed E-state index contributed by atoms with van der Waals surface area (Å²) in [7, 11) is 1.80. The summed E-state index contributed by atoms with van der Waals surface area (Å²) in [5.41, 5.74) is 6.19. The highest BCUT2D eigenvalue weighted by molar-refractivity contribution is 6.30. The molecule has 0 saturated heterocycles. The predicted octanol–water partition coefficient (Wildman–Crippen LogP) is 1.78. The van der Waals surface area contributed by atoms with Gasteiger partial charge in [0.2, 0.25) is 0 Å². The van der Waals surface area contributed by atoms with Crippen molar-refractivity contribution in [3.63, 3.8) is 0 Å². The number of likely N-dealkylation sites (N-methyl/N-ethyl adjacent to an activating group) is 1. The Morgan fingerprint density at radius 3 is 2.87 bits per heavy atom. The van der Waals surface area contributed by atoms with Crippen LogP contribution < -0.4 is 5.73 Å². The molecule has 2 rings (SSSR count). The molecule has 1 aromatic carbocycles. The maximum Gasteiger partial charge on any atom is 0.191 e. The second-order valence-corrected chi connectivity index (χ2v) is 3.93. The highest BCUT2D eigenvalue weighted by Gasteiger charge is 2.26. The van der Waals surface area contributed by atoms with Crippen molar-refractivity contribution in [3.8, 4) is 0 Å². The van der Waals surface area contributed by atoms with Gasteiger partial charge in [0.15, 0.2) is 5.96 Å². The van der Waals surface area contributed by atoms with Gasteiger partial charge < -0.3 is 10.6 Å². The molecular weight excluding hydrogens is 217 g/mol. The molecule has 15 heavy (non-hydrogen) atoms. The van der Waals surface area contributed by atoms with Crippen LogP contribution in [0.5, 0.6) is 0 Å². The smallest absolute Gasteiger partial charge is 0.191 e. The summed E-state index contributed by atoms with van der Waals surface area (Å²) in [6.07, 6.45) is 0. The van der Waals surface area contributed by atoms with Gasteiger partial charge in [0.05, 0.1) is 12.6 Å². The van der Waals surface area contributed by atoms with Crippen molar-refractivity contribution >= 4 is 17.6 Å². The second-order valence-electron chi connectivity index (χ2n) is 3.49. The van der Waals surface area contributed by atoms with Crippen molar-refractivity contribution in [2.75, 3.05) is 13.6 Å². The molecule has 0 aliphatic carbocycles. The molecule has 0 amide bonds. The van der Waals surface area contributed by atoms with Crippen LogP contribution in [0, 0.1) is 5.82 Å². The molecule has 0 spiro atoms. The van der Waals surface area contributed by atoms with Crippen LogP contribution in [0.1, 0.15) is 11.6 Å². The summed E-state index contributed by atoms with van der Waals surface area (Å²) >= 11 is 5.68. The van der Waals surface area contributed by atoms with E-state index in [9.17, 15) is 4.39 Å². The molecule has 0 bridgehead atoms. The first-order valence-corrected chi connectivity index (χ1v) is 4.95. The van der Waals surface area contributed by atoms with Crippen LogP contribution in [0.15, 0.2) is 23.2 Å². The van der Waals surface area contributed by atoms with E-state index in [-0.39, 0.29) is 11.9 Å². The SMILES string of the molecule is CN1C(N)=NCC1c1ccc(Cl)cc1F. The van der Waals surface area contributed by atoms with Gasteiger partial charge in [-0.3, -0.25) is 4.99 Å². The summed E-state index contributed by atoms with van der Waals surface area (Å²) in [5, 5.41) is 0.394. The zero-order valence-electron chi connectivity index (χ0n) is 8.24. The fraction of sp³-hybridized carbons (Fsp3) is 0.300. The molecule has 1 aliphatic rings. The van der Waals surface area contributed by atoms with E-state index in [0.29, 0.717) is 23.1 Å². The van der Waals surface area contributed by atoms with Gasteiger partial charge in [-0.05, 0) is 12.1 Å².